The van der Waals surface area contributed by atoms with Crippen molar-refractivity contribution < 1.29 is 34.1 Å². The summed E-state index contributed by atoms with van der Waals surface area (Å²) in [5.41, 5.74) is 4.69. The number of alkyl carbamates (subject to hydrolysis) is 1. The van der Waals surface area contributed by atoms with Crippen LogP contribution in [-0.2, 0) is 25.5 Å². The molecule has 0 heterocycles. The molecular formula is C18H27N3O7. The predicted octanol–water partition coefficient (Wildman–Crippen LogP) is 0.353. The Kier molecular flexibility index (Phi) is 10.9. The highest BCUT2D eigenvalue weighted by Crippen LogP contribution is 2.06. The summed E-state index contributed by atoms with van der Waals surface area (Å²) in [6.07, 6.45) is -0.573. The van der Waals surface area contributed by atoms with Gasteiger partial charge in [-0.2, -0.15) is 0 Å². The van der Waals surface area contributed by atoms with Crippen molar-refractivity contribution in [2.24, 2.45) is 5.73 Å². The van der Waals surface area contributed by atoms with Crippen molar-refractivity contribution in [2.45, 2.75) is 38.8 Å². The summed E-state index contributed by atoms with van der Waals surface area (Å²) < 4.78 is 4.99. The fraction of sp³-hybridized carbons (Fsp3) is 0.444. The average Bonchev–Trinajstić information content (AvgIpc) is 2.59. The highest BCUT2D eigenvalue weighted by molar-refractivity contribution is 5.86. The van der Waals surface area contributed by atoms with Gasteiger partial charge in [0.1, 0.15) is 18.2 Å². The molecule has 1 rings (SSSR count). The van der Waals surface area contributed by atoms with Gasteiger partial charge >= 0.3 is 18.0 Å². The monoisotopic (exact) mass is 397 g/mol. The number of hydrogen-bond acceptors (Lipinski definition) is 6. The summed E-state index contributed by atoms with van der Waals surface area (Å²) >= 11 is 0. The van der Waals surface area contributed by atoms with E-state index in [0.717, 1.165) is 5.56 Å². The Labute approximate surface area is 163 Å². The number of ether oxygens (including phenoxy) is 1. The van der Waals surface area contributed by atoms with Crippen LogP contribution in [0.4, 0.5) is 4.79 Å². The lowest BCUT2D eigenvalue weighted by Gasteiger charge is -2.20. The van der Waals surface area contributed by atoms with Gasteiger partial charge in [0.05, 0.1) is 6.54 Å². The van der Waals surface area contributed by atoms with Gasteiger partial charge in [0, 0.05) is 6.42 Å². The van der Waals surface area contributed by atoms with E-state index in [9.17, 15) is 24.3 Å². The summed E-state index contributed by atoms with van der Waals surface area (Å²) in [5, 5.41) is 21.4. The van der Waals surface area contributed by atoms with E-state index in [0.29, 0.717) is 0 Å². The molecule has 0 aliphatic rings. The van der Waals surface area contributed by atoms with Crippen molar-refractivity contribution in [3.8, 4) is 0 Å². The highest BCUT2D eigenvalue weighted by Gasteiger charge is 2.21. The molecule has 0 saturated carbocycles. The lowest BCUT2D eigenvalue weighted by atomic mass is 10.1. The minimum Gasteiger partial charge on any atom is -0.480 e. The molecule has 0 aliphatic carbocycles. The second-order valence-corrected chi connectivity index (χ2v) is 6.60. The number of amides is 2. The van der Waals surface area contributed by atoms with Crippen molar-refractivity contribution in [2.75, 3.05) is 13.1 Å². The molecule has 0 aliphatic heterocycles. The normalized spacial score (nSPS) is 11.3. The SMILES string of the molecule is CC(C)(C)OC(=O)NCC(=O)NC(Cc1ccccc1)C(=O)O.NCC(=O)O. The van der Waals surface area contributed by atoms with Gasteiger partial charge in [0.25, 0.3) is 0 Å². The Hall–Kier alpha value is -3.14. The van der Waals surface area contributed by atoms with Gasteiger partial charge in [0.2, 0.25) is 5.91 Å². The second-order valence-electron chi connectivity index (χ2n) is 6.60. The van der Waals surface area contributed by atoms with Crippen LogP contribution < -0.4 is 16.4 Å². The third kappa shape index (κ3) is 13.1. The van der Waals surface area contributed by atoms with Gasteiger partial charge in [-0.25, -0.2) is 9.59 Å². The number of carboxylic acid groups (broad SMARTS) is 2. The van der Waals surface area contributed by atoms with E-state index in [1.807, 2.05) is 6.07 Å². The molecule has 10 heteroatoms. The van der Waals surface area contributed by atoms with E-state index in [2.05, 4.69) is 16.4 Å². The lowest BCUT2D eigenvalue weighted by molar-refractivity contribution is -0.141. The van der Waals surface area contributed by atoms with E-state index >= 15 is 0 Å². The molecule has 2 amide bonds. The first kappa shape index (κ1) is 24.9. The molecule has 0 saturated heterocycles. The standard InChI is InChI=1S/C16H22N2O5.C2H5NO2/c1-16(2,3)23-15(22)17-10-13(19)18-12(14(20)21)9-11-7-5-4-6-8-11;3-1-2(4)5/h4-8,12H,9-10H2,1-3H3,(H,17,22)(H,18,19)(H,20,21);1,3H2,(H,4,5). The van der Waals surface area contributed by atoms with Crippen LogP contribution in [0.3, 0.4) is 0 Å². The number of carbonyl (C=O) groups excluding carboxylic acids is 2. The van der Waals surface area contributed by atoms with Gasteiger partial charge < -0.3 is 31.3 Å². The maximum Gasteiger partial charge on any atom is 0.408 e. The summed E-state index contributed by atoms with van der Waals surface area (Å²) in [6, 6.07) is 7.90. The van der Waals surface area contributed by atoms with Gasteiger partial charge in [-0.1, -0.05) is 30.3 Å². The summed E-state index contributed by atoms with van der Waals surface area (Å²) in [6.45, 7) is 4.47. The van der Waals surface area contributed by atoms with Crippen LogP contribution in [0.25, 0.3) is 0 Å². The largest absolute Gasteiger partial charge is 0.480 e. The number of benzene rings is 1. The molecule has 28 heavy (non-hydrogen) atoms. The second kappa shape index (κ2) is 12.3. The summed E-state index contributed by atoms with van der Waals surface area (Å²) in [4.78, 5) is 43.7. The van der Waals surface area contributed by atoms with E-state index in [4.69, 9.17) is 9.84 Å². The first-order valence-corrected chi connectivity index (χ1v) is 8.39. The van der Waals surface area contributed by atoms with Crippen molar-refractivity contribution in [3.05, 3.63) is 35.9 Å². The smallest absolute Gasteiger partial charge is 0.408 e. The molecule has 156 valence electrons. The maximum atomic E-state index is 11.8. The minimum absolute atomic E-state index is 0.161. The van der Waals surface area contributed by atoms with Crippen LogP contribution in [0.5, 0.6) is 0 Å². The van der Waals surface area contributed by atoms with Crippen LogP contribution in [0.1, 0.15) is 26.3 Å². The molecule has 1 aromatic carbocycles. The minimum atomic E-state index is -1.14. The Bertz CT molecular complexity index is 657. The Morgan fingerprint density at radius 1 is 1.11 bits per heavy atom. The maximum absolute atomic E-state index is 11.8. The quantitative estimate of drug-likeness (QED) is 0.439. The molecule has 0 aromatic heterocycles. The third-order valence-corrected chi connectivity index (χ3v) is 2.88. The molecule has 0 bridgehead atoms. The number of carboxylic acids is 2. The van der Waals surface area contributed by atoms with Crippen molar-refractivity contribution in [3.63, 3.8) is 0 Å². The molecule has 0 radical (unpaired) electrons. The third-order valence-electron chi connectivity index (χ3n) is 2.88. The van der Waals surface area contributed by atoms with E-state index < -0.39 is 35.6 Å². The van der Waals surface area contributed by atoms with Crippen molar-refractivity contribution in [1.82, 2.24) is 10.6 Å². The van der Waals surface area contributed by atoms with Crippen molar-refractivity contribution in [1.29, 1.82) is 0 Å². The zero-order chi connectivity index (χ0) is 21.7. The molecular weight excluding hydrogens is 370 g/mol. The Morgan fingerprint density at radius 3 is 2.07 bits per heavy atom. The summed E-state index contributed by atoms with van der Waals surface area (Å²) in [7, 11) is 0. The number of carbonyl (C=O) groups is 4. The molecule has 0 spiro atoms. The molecule has 1 aromatic rings. The lowest BCUT2D eigenvalue weighted by Crippen LogP contribution is -2.47. The number of hydrogen-bond donors (Lipinski definition) is 5. The average molecular weight is 397 g/mol. The van der Waals surface area contributed by atoms with E-state index in [1.165, 1.54) is 0 Å². The van der Waals surface area contributed by atoms with Crippen molar-refractivity contribution >= 4 is 23.9 Å². The number of nitrogens with one attached hydrogen (secondary N) is 2. The topological polar surface area (TPSA) is 168 Å². The van der Waals surface area contributed by atoms with Crippen LogP contribution >= 0.6 is 0 Å². The van der Waals surface area contributed by atoms with Gasteiger partial charge in [-0.05, 0) is 26.3 Å². The first-order valence-electron chi connectivity index (χ1n) is 8.39. The zero-order valence-corrected chi connectivity index (χ0v) is 16.1. The molecule has 0 fully saturated rings. The van der Waals surface area contributed by atoms with Gasteiger partial charge in [-0.15, -0.1) is 0 Å². The first-order chi connectivity index (χ1) is 12.9. The molecule has 10 nitrogen and oxygen atoms in total. The zero-order valence-electron chi connectivity index (χ0n) is 16.1. The predicted molar refractivity (Wildman–Crippen MR) is 101 cm³/mol. The molecule has 1 unspecified atom stereocenters. The molecule has 1 atom stereocenters. The number of aliphatic carboxylic acids is 2. The van der Waals surface area contributed by atoms with Crippen LogP contribution in [-0.4, -0.2) is 58.9 Å². The van der Waals surface area contributed by atoms with E-state index in [-0.39, 0.29) is 19.5 Å². The summed E-state index contributed by atoms with van der Waals surface area (Å²) in [5.74, 6) is -2.70. The molecule has 6 N–H and O–H groups in total. The highest BCUT2D eigenvalue weighted by atomic mass is 16.6. The van der Waals surface area contributed by atoms with Crippen LogP contribution in [0, 0.1) is 0 Å². The van der Waals surface area contributed by atoms with Crippen LogP contribution in [0.2, 0.25) is 0 Å². The fourth-order valence-electron chi connectivity index (χ4n) is 1.76. The van der Waals surface area contributed by atoms with Gasteiger partial charge in [0.15, 0.2) is 0 Å². The number of rotatable bonds is 7. The van der Waals surface area contributed by atoms with Gasteiger partial charge in [-0.3, -0.25) is 9.59 Å². The van der Waals surface area contributed by atoms with E-state index in [1.54, 1.807) is 45.0 Å². The Morgan fingerprint density at radius 2 is 1.64 bits per heavy atom. The Balaban J connectivity index is 0.00000129. The fourth-order valence-corrected chi connectivity index (χ4v) is 1.76. The number of nitrogens with two attached hydrogens (primary N) is 1. The van der Waals surface area contributed by atoms with Crippen LogP contribution in [0.15, 0.2) is 30.3 Å².